The zero-order chi connectivity index (χ0) is 13.2. The van der Waals surface area contributed by atoms with Gasteiger partial charge in [-0.25, -0.2) is 4.39 Å². The Morgan fingerprint density at radius 3 is 2.76 bits per heavy atom. The number of carboxylic acid groups (broad SMARTS) is 1. The highest BCUT2D eigenvalue weighted by molar-refractivity contribution is 9.10. The van der Waals surface area contributed by atoms with E-state index < -0.39 is 23.6 Å². The Morgan fingerprint density at radius 2 is 2.29 bits per heavy atom. The van der Waals surface area contributed by atoms with E-state index in [1.54, 1.807) is 0 Å². The van der Waals surface area contributed by atoms with E-state index in [2.05, 4.69) is 15.9 Å². The van der Waals surface area contributed by atoms with Gasteiger partial charge in [0.25, 0.3) is 0 Å². The lowest BCUT2D eigenvalue weighted by atomic mass is 10.0. The quantitative estimate of drug-likeness (QED) is 0.778. The fraction of sp³-hybridized carbons (Fsp3) is 0.300. The van der Waals surface area contributed by atoms with Gasteiger partial charge in [0.1, 0.15) is 11.9 Å². The number of halogens is 2. The summed E-state index contributed by atoms with van der Waals surface area (Å²) in [5.74, 6) is -2.42. The molecule has 0 heterocycles. The minimum absolute atomic E-state index is 0.0471. The summed E-state index contributed by atoms with van der Waals surface area (Å²) in [4.78, 5) is 10.6. The van der Waals surface area contributed by atoms with Gasteiger partial charge in [-0.1, -0.05) is 0 Å². The van der Waals surface area contributed by atoms with Crippen molar-refractivity contribution in [2.45, 2.75) is 12.5 Å². The number of nitrogens with two attached hydrogens (primary N) is 1. The molecule has 0 saturated carbocycles. The summed E-state index contributed by atoms with van der Waals surface area (Å²) in [7, 11) is 1.31. The fourth-order valence-corrected chi connectivity index (χ4v) is 1.74. The molecule has 0 aromatic heterocycles. The van der Waals surface area contributed by atoms with E-state index in [1.165, 1.54) is 13.2 Å². The number of aliphatic carboxylic acids is 1. The van der Waals surface area contributed by atoms with E-state index in [-0.39, 0.29) is 22.2 Å². The van der Waals surface area contributed by atoms with Crippen molar-refractivity contribution >= 4 is 21.9 Å². The van der Waals surface area contributed by atoms with Crippen LogP contribution in [-0.2, 0) is 11.2 Å². The molecule has 0 fully saturated rings. The molecule has 0 aliphatic carbocycles. The minimum Gasteiger partial charge on any atom is -0.504 e. The second-order valence-corrected chi connectivity index (χ2v) is 4.20. The van der Waals surface area contributed by atoms with Crippen LogP contribution in [0.5, 0.6) is 11.5 Å². The fourth-order valence-electron chi connectivity index (χ4n) is 1.29. The SMILES string of the molecule is COc1cc(Br)c(F)c(CC(N)C(=O)O)c1O. The van der Waals surface area contributed by atoms with Gasteiger partial charge in [-0.3, -0.25) is 4.79 Å². The molecule has 1 atom stereocenters. The van der Waals surface area contributed by atoms with Gasteiger partial charge in [-0.2, -0.15) is 0 Å². The lowest BCUT2D eigenvalue weighted by molar-refractivity contribution is -0.138. The number of hydrogen-bond donors (Lipinski definition) is 3. The normalized spacial score (nSPS) is 12.2. The van der Waals surface area contributed by atoms with Crippen molar-refractivity contribution < 1.29 is 24.1 Å². The molecule has 0 saturated heterocycles. The van der Waals surface area contributed by atoms with E-state index >= 15 is 0 Å². The lowest BCUT2D eigenvalue weighted by Crippen LogP contribution is -2.32. The maximum atomic E-state index is 13.7. The maximum Gasteiger partial charge on any atom is 0.320 e. The van der Waals surface area contributed by atoms with Gasteiger partial charge >= 0.3 is 5.97 Å². The van der Waals surface area contributed by atoms with Crippen LogP contribution in [0.2, 0.25) is 0 Å². The van der Waals surface area contributed by atoms with Crippen molar-refractivity contribution in [1.82, 2.24) is 0 Å². The van der Waals surface area contributed by atoms with Crippen molar-refractivity contribution in [3.8, 4) is 11.5 Å². The molecular formula is C10H11BrFNO4. The Labute approximate surface area is 105 Å². The Balaban J connectivity index is 3.22. The first-order chi connectivity index (χ1) is 7.88. The third-order valence-corrected chi connectivity index (χ3v) is 2.79. The number of methoxy groups -OCH3 is 1. The molecule has 0 radical (unpaired) electrons. The molecule has 7 heteroatoms. The van der Waals surface area contributed by atoms with Gasteiger partial charge < -0.3 is 20.7 Å². The van der Waals surface area contributed by atoms with Crippen LogP contribution in [-0.4, -0.2) is 29.3 Å². The number of hydrogen-bond acceptors (Lipinski definition) is 4. The van der Waals surface area contributed by atoms with Crippen molar-refractivity contribution in [2.75, 3.05) is 7.11 Å². The second-order valence-electron chi connectivity index (χ2n) is 3.35. The molecule has 1 rings (SSSR count). The third-order valence-electron chi connectivity index (χ3n) is 2.21. The maximum absolute atomic E-state index is 13.7. The van der Waals surface area contributed by atoms with Crippen molar-refractivity contribution in [1.29, 1.82) is 0 Å². The van der Waals surface area contributed by atoms with Crippen molar-refractivity contribution in [3.63, 3.8) is 0 Å². The molecule has 0 bridgehead atoms. The number of phenols is 1. The zero-order valence-electron chi connectivity index (χ0n) is 8.91. The number of carboxylic acids is 1. The first-order valence-corrected chi connectivity index (χ1v) is 5.40. The van der Waals surface area contributed by atoms with E-state index in [4.69, 9.17) is 15.6 Å². The van der Waals surface area contributed by atoms with Crippen LogP contribution in [0.1, 0.15) is 5.56 Å². The third kappa shape index (κ3) is 2.86. The molecule has 17 heavy (non-hydrogen) atoms. The zero-order valence-corrected chi connectivity index (χ0v) is 10.5. The molecular weight excluding hydrogens is 297 g/mol. The van der Waals surface area contributed by atoms with E-state index in [1.807, 2.05) is 0 Å². The molecule has 94 valence electrons. The van der Waals surface area contributed by atoms with Gasteiger partial charge in [-0.15, -0.1) is 0 Å². The molecule has 0 spiro atoms. The topological polar surface area (TPSA) is 92.8 Å². The number of carbonyl (C=O) groups is 1. The minimum atomic E-state index is -1.30. The number of aromatic hydroxyl groups is 1. The van der Waals surface area contributed by atoms with Crippen LogP contribution in [0.15, 0.2) is 10.5 Å². The summed E-state index contributed by atoms with van der Waals surface area (Å²) in [5, 5.41) is 18.3. The monoisotopic (exact) mass is 307 g/mol. The van der Waals surface area contributed by atoms with Crippen molar-refractivity contribution in [2.24, 2.45) is 5.73 Å². The Hall–Kier alpha value is -1.34. The first-order valence-electron chi connectivity index (χ1n) is 4.60. The van der Waals surface area contributed by atoms with Gasteiger partial charge in [0, 0.05) is 18.1 Å². The Morgan fingerprint density at radius 1 is 1.71 bits per heavy atom. The Kier molecular flexibility index (Phi) is 4.30. The van der Waals surface area contributed by atoms with Gasteiger partial charge in [-0.05, 0) is 15.9 Å². The highest BCUT2D eigenvalue weighted by Crippen LogP contribution is 2.36. The van der Waals surface area contributed by atoms with Crippen LogP contribution in [0.4, 0.5) is 4.39 Å². The highest BCUT2D eigenvalue weighted by atomic mass is 79.9. The molecule has 0 aliphatic heterocycles. The van der Waals surface area contributed by atoms with Crippen LogP contribution >= 0.6 is 15.9 Å². The van der Waals surface area contributed by atoms with Crippen LogP contribution < -0.4 is 10.5 Å². The molecule has 4 N–H and O–H groups in total. The summed E-state index contributed by atoms with van der Waals surface area (Å²) >= 11 is 2.94. The molecule has 1 unspecified atom stereocenters. The Bertz CT molecular complexity index is 452. The van der Waals surface area contributed by atoms with Gasteiger partial charge in [0.05, 0.1) is 11.6 Å². The number of benzene rings is 1. The first kappa shape index (κ1) is 13.7. The second kappa shape index (κ2) is 5.33. The number of rotatable bonds is 4. The average Bonchev–Trinajstić information content (AvgIpc) is 2.28. The molecule has 1 aromatic rings. The number of ether oxygens (including phenoxy) is 1. The average molecular weight is 308 g/mol. The highest BCUT2D eigenvalue weighted by Gasteiger charge is 2.22. The molecule has 0 aliphatic rings. The predicted octanol–water partition coefficient (Wildman–Crippen LogP) is 1.26. The van der Waals surface area contributed by atoms with E-state index in [0.29, 0.717) is 0 Å². The van der Waals surface area contributed by atoms with E-state index in [9.17, 15) is 14.3 Å². The molecule has 5 nitrogen and oxygen atoms in total. The van der Waals surface area contributed by atoms with Gasteiger partial charge in [0.15, 0.2) is 11.5 Å². The molecule has 0 amide bonds. The molecule has 1 aromatic carbocycles. The van der Waals surface area contributed by atoms with Crippen LogP contribution in [0, 0.1) is 5.82 Å². The summed E-state index contributed by atoms with van der Waals surface area (Å²) in [6.45, 7) is 0. The van der Waals surface area contributed by atoms with E-state index in [0.717, 1.165) is 0 Å². The van der Waals surface area contributed by atoms with Crippen LogP contribution in [0.25, 0.3) is 0 Å². The predicted molar refractivity (Wildman–Crippen MR) is 61.6 cm³/mol. The standard InChI is InChI=1S/C10H11BrFNO4/c1-17-7-3-5(11)8(12)4(9(7)14)2-6(13)10(15)16/h3,6,14H,2,13H2,1H3,(H,15,16). The van der Waals surface area contributed by atoms with Gasteiger partial charge in [0.2, 0.25) is 0 Å². The van der Waals surface area contributed by atoms with Crippen molar-refractivity contribution in [3.05, 3.63) is 21.9 Å². The summed E-state index contributed by atoms with van der Waals surface area (Å²) in [6, 6.07) is -0.0464. The summed E-state index contributed by atoms with van der Waals surface area (Å²) < 4.78 is 18.6. The van der Waals surface area contributed by atoms with Crippen LogP contribution in [0.3, 0.4) is 0 Å². The summed E-state index contributed by atoms with van der Waals surface area (Å²) in [6.07, 6.45) is -0.331. The summed E-state index contributed by atoms with van der Waals surface area (Å²) in [5.41, 5.74) is 5.11. The largest absolute Gasteiger partial charge is 0.504 e. The number of phenolic OH excluding ortho intramolecular Hbond substituents is 1. The lowest BCUT2D eigenvalue weighted by Gasteiger charge is -2.13. The smallest absolute Gasteiger partial charge is 0.320 e.